The van der Waals surface area contributed by atoms with Crippen LogP contribution in [0.4, 0.5) is 17.5 Å². The maximum atomic E-state index is 10.2. The summed E-state index contributed by atoms with van der Waals surface area (Å²) in [6.07, 6.45) is 8.35. The van der Waals surface area contributed by atoms with Gasteiger partial charge in [-0.25, -0.2) is 4.98 Å². The molecule has 0 bridgehead atoms. The van der Waals surface area contributed by atoms with Gasteiger partial charge in [0.25, 0.3) is 0 Å². The van der Waals surface area contributed by atoms with Crippen LogP contribution in [0, 0.1) is 0 Å². The molecule has 0 aliphatic heterocycles. The number of aromatic nitrogens is 4. The number of nitrogens with two attached hydrogens (primary N) is 1. The lowest BCUT2D eigenvalue weighted by molar-refractivity contribution is 0.0672. The number of nitrogens with one attached hydrogen (secondary N) is 2. The smallest absolute Gasteiger partial charge is 0.226 e. The molecule has 2 heterocycles. The number of phenols is 1. The Hall–Kier alpha value is -3.07. The Morgan fingerprint density at radius 1 is 1.21 bits per heavy atom. The minimum absolute atomic E-state index is 0.0284. The van der Waals surface area contributed by atoms with Crippen LogP contribution in [0.25, 0.3) is 11.2 Å². The summed E-state index contributed by atoms with van der Waals surface area (Å²) in [5.41, 5.74) is 7.84. The Morgan fingerprint density at radius 2 is 1.97 bits per heavy atom. The molecule has 4 rings (SSSR count). The van der Waals surface area contributed by atoms with Gasteiger partial charge in [-0.2, -0.15) is 9.97 Å². The van der Waals surface area contributed by atoms with Crippen LogP contribution in [0.3, 0.4) is 0 Å². The molecule has 9 heteroatoms. The summed E-state index contributed by atoms with van der Waals surface area (Å²) >= 11 is 0. The van der Waals surface area contributed by atoms with Crippen LogP contribution in [0.2, 0.25) is 0 Å². The molecule has 9 nitrogen and oxygen atoms in total. The molecule has 0 radical (unpaired) electrons. The maximum absolute atomic E-state index is 10.2. The van der Waals surface area contributed by atoms with E-state index in [0.29, 0.717) is 47.5 Å². The number of benzene rings is 1. The van der Waals surface area contributed by atoms with Crippen molar-refractivity contribution >= 4 is 28.6 Å². The van der Waals surface area contributed by atoms with Crippen molar-refractivity contribution in [3.05, 3.63) is 30.1 Å². The summed E-state index contributed by atoms with van der Waals surface area (Å²) in [6, 6.07) is 5.35. The zero-order valence-electron chi connectivity index (χ0n) is 19.7. The van der Waals surface area contributed by atoms with E-state index in [-0.39, 0.29) is 11.8 Å². The summed E-state index contributed by atoms with van der Waals surface area (Å²) in [6.45, 7) is 5.93. The summed E-state index contributed by atoms with van der Waals surface area (Å²) < 4.78 is 2.17. The van der Waals surface area contributed by atoms with Crippen molar-refractivity contribution in [2.75, 3.05) is 16.4 Å². The van der Waals surface area contributed by atoms with Gasteiger partial charge >= 0.3 is 0 Å². The van der Waals surface area contributed by atoms with Gasteiger partial charge in [0.15, 0.2) is 17.0 Å². The number of anilines is 3. The van der Waals surface area contributed by atoms with Crippen LogP contribution in [-0.4, -0.2) is 41.4 Å². The van der Waals surface area contributed by atoms with Crippen LogP contribution in [0.5, 0.6) is 5.75 Å². The van der Waals surface area contributed by atoms with Crippen LogP contribution in [0.15, 0.2) is 24.5 Å². The largest absolute Gasteiger partial charge is 0.508 e. The van der Waals surface area contributed by atoms with Crippen molar-refractivity contribution in [2.24, 2.45) is 0 Å². The lowest BCUT2D eigenvalue weighted by Gasteiger charge is -2.24. The predicted octanol–water partition coefficient (Wildman–Crippen LogP) is 4.19. The first kappa shape index (κ1) is 23.1. The van der Waals surface area contributed by atoms with E-state index < -0.39 is 5.60 Å². The lowest BCUT2D eigenvalue weighted by Crippen LogP contribution is -2.29. The van der Waals surface area contributed by atoms with Gasteiger partial charge in [-0.1, -0.05) is 19.3 Å². The van der Waals surface area contributed by atoms with Gasteiger partial charge in [0.2, 0.25) is 5.95 Å². The van der Waals surface area contributed by atoms with Crippen molar-refractivity contribution < 1.29 is 10.2 Å². The lowest BCUT2D eigenvalue weighted by atomic mass is 9.95. The van der Waals surface area contributed by atoms with E-state index in [1.807, 2.05) is 13.3 Å². The number of rotatable bonds is 8. The molecule has 33 heavy (non-hydrogen) atoms. The van der Waals surface area contributed by atoms with Crippen molar-refractivity contribution in [3.8, 4) is 5.75 Å². The third-order valence-electron chi connectivity index (χ3n) is 6.12. The summed E-state index contributed by atoms with van der Waals surface area (Å²) in [5, 5.41) is 27.0. The standard InChI is InChI=1S/C24H35N7O2/c1-15(12-24(2,3)33)28-23-29-21(26-13-16-11-17(25)9-10-19(16)32)20-22(30-23)31(14-27-20)18-7-5-4-6-8-18/h9-11,14-15,18,32-33H,4-8,12-13,25H2,1-3H3,(H2,26,28,29,30). The number of nitrogen functional groups attached to an aromatic ring is 1. The highest BCUT2D eigenvalue weighted by molar-refractivity contribution is 5.84. The van der Waals surface area contributed by atoms with E-state index >= 15 is 0 Å². The average molecular weight is 454 g/mol. The van der Waals surface area contributed by atoms with E-state index in [1.54, 1.807) is 32.0 Å². The molecule has 1 saturated carbocycles. The Morgan fingerprint density at radius 3 is 2.70 bits per heavy atom. The van der Waals surface area contributed by atoms with Crippen LogP contribution >= 0.6 is 0 Å². The molecule has 0 spiro atoms. The normalized spacial score (nSPS) is 16.1. The first-order valence-electron chi connectivity index (χ1n) is 11.7. The highest BCUT2D eigenvalue weighted by Crippen LogP contribution is 2.32. The van der Waals surface area contributed by atoms with E-state index in [2.05, 4.69) is 20.2 Å². The molecule has 1 atom stereocenters. The highest BCUT2D eigenvalue weighted by atomic mass is 16.3. The van der Waals surface area contributed by atoms with Crippen molar-refractivity contribution in [3.63, 3.8) is 0 Å². The molecule has 1 fully saturated rings. The molecule has 1 aliphatic rings. The first-order chi connectivity index (χ1) is 15.7. The second-order valence-electron chi connectivity index (χ2n) is 9.82. The van der Waals surface area contributed by atoms with E-state index in [0.717, 1.165) is 18.5 Å². The van der Waals surface area contributed by atoms with Crippen LogP contribution < -0.4 is 16.4 Å². The van der Waals surface area contributed by atoms with E-state index in [9.17, 15) is 10.2 Å². The minimum atomic E-state index is -0.799. The molecule has 3 aromatic rings. The molecular formula is C24H35N7O2. The molecule has 1 aromatic carbocycles. The fourth-order valence-electron chi connectivity index (χ4n) is 4.68. The quantitative estimate of drug-likeness (QED) is 0.253. The number of nitrogens with zero attached hydrogens (tertiary/aromatic N) is 4. The van der Waals surface area contributed by atoms with Gasteiger partial charge in [0.05, 0.1) is 11.9 Å². The SMILES string of the molecule is CC(CC(C)(C)O)Nc1nc(NCc2cc(N)ccc2O)c2ncn(C3CCCCC3)c2n1. The summed E-state index contributed by atoms with van der Waals surface area (Å²) in [5.74, 6) is 1.25. The van der Waals surface area contributed by atoms with Crippen molar-refractivity contribution in [1.29, 1.82) is 0 Å². The van der Waals surface area contributed by atoms with Crippen molar-refractivity contribution in [1.82, 2.24) is 19.5 Å². The maximum Gasteiger partial charge on any atom is 0.226 e. The number of hydrogen-bond acceptors (Lipinski definition) is 8. The first-order valence-corrected chi connectivity index (χ1v) is 11.7. The second-order valence-corrected chi connectivity index (χ2v) is 9.82. The fraction of sp³-hybridized carbons (Fsp3) is 0.542. The van der Waals surface area contributed by atoms with Crippen LogP contribution in [-0.2, 0) is 6.54 Å². The Kier molecular flexibility index (Phi) is 6.60. The number of hydrogen-bond donors (Lipinski definition) is 5. The highest BCUT2D eigenvalue weighted by Gasteiger charge is 2.22. The van der Waals surface area contributed by atoms with Gasteiger partial charge in [-0.05, 0) is 58.2 Å². The molecule has 1 unspecified atom stereocenters. The third kappa shape index (κ3) is 5.65. The predicted molar refractivity (Wildman–Crippen MR) is 131 cm³/mol. The van der Waals surface area contributed by atoms with E-state index in [4.69, 9.17) is 15.7 Å². The number of fused-ring (bicyclic) bond motifs is 1. The van der Waals surface area contributed by atoms with Gasteiger partial charge in [-0.3, -0.25) is 0 Å². The number of aromatic hydroxyl groups is 1. The molecule has 6 N–H and O–H groups in total. The zero-order chi connectivity index (χ0) is 23.6. The monoisotopic (exact) mass is 453 g/mol. The van der Waals surface area contributed by atoms with Gasteiger partial charge in [0, 0.05) is 29.9 Å². The Labute approximate surface area is 194 Å². The Balaban J connectivity index is 1.67. The number of aliphatic hydroxyl groups is 1. The fourth-order valence-corrected chi connectivity index (χ4v) is 4.68. The molecule has 2 aromatic heterocycles. The van der Waals surface area contributed by atoms with Gasteiger partial charge in [-0.15, -0.1) is 0 Å². The molecule has 0 amide bonds. The molecule has 1 aliphatic carbocycles. The summed E-state index contributed by atoms with van der Waals surface area (Å²) in [7, 11) is 0. The number of phenolic OH excluding ortho intramolecular Hbond substituents is 1. The zero-order valence-corrected chi connectivity index (χ0v) is 19.7. The molecule has 178 valence electrons. The minimum Gasteiger partial charge on any atom is -0.508 e. The van der Waals surface area contributed by atoms with Gasteiger partial charge in [0.1, 0.15) is 5.75 Å². The number of imidazole rings is 1. The molecule has 0 saturated heterocycles. The molecular weight excluding hydrogens is 418 g/mol. The topological polar surface area (TPSA) is 134 Å². The Bertz CT molecular complexity index is 1100. The average Bonchev–Trinajstić information content (AvgIpc) is 3.17. The summed E-state index contributed by atoms with van der Waals surface area (Å²) in [4.78, 5) is 14.2. The van der Waals surface area contributed by atoms with Gasteiger partial charge < -0.3 is 31.1 Å². The van der Waals surface area contributed by atoms with Crippen LogP contribution in [0.1, 0.15) is 70.9 Å². The third-order valence-corrected chi connectivity index (χ3v) is 6.12. The second kappa shape index (κ2) is 9.43. The van der Waals surface area contributed by atoms with E-state index in [1.165, 1.54) is 19.3 Å². The van der Waals surface area contributed by atoms with Crippen molar-refractivity contribution in [2.45, 2.75) is 83.5 Å².